The van der Waals surface area contributed by atoms with Gasteiger partial charge in [0.15, 0.2) is 5.16 Å². The molecular formula is C9H13N3S. The summed E-state index contributed by atoms with van der Waals surface area (Å²) in [5.41, 5.74) is 0. The molecule has 2 heterocycles. The highest BCUT2D eigenvalue weighted by Crippen LogP contribution is 2.23. The molecule has 2 rings (SSSR count). The van der Waals surface area contributed by atoms with Gasteiger partial charge >= 0.3 is 0 Å². The lowest BCUT2D eigenvalue weighted by Gasteiger charge is -2.20. The van der Waals surface area contributed by atoms with Crippen LogP contribution in [0, 0.1) is 0 Å². The maximum Gasteiger partial charge on any atom is 0.187 e. The van der Waals surface area contributed by atoms with Gasteiger partial charge in [0.25, 0.3) is 0 Å². The lowest BCUT2D eigenvalue weighted by molar-refractivity contribution is 0.530. The van der Waals surface area contributed by atoms with Crippen molar-refractivity contribution in [2.24, 2.45) is 0 Å². The van der Waals surface area contributed by atoms with E-state index in [-0.39, 0.29) is 0 Å². The van der Waals surface area contributed by atoms with E-state index in [9.17, 15) is 0 Å². The second-order valence-corrected chi connectivity index (χ2v) is 4.39. The number of nitrogens with one attached hydrogen (secondary N) is 1. The van der Waals surface area contributed by atoms with Gasteiger partial charge in [-0.2, -0.15) is 0 Å². The third-order valence-electron chi connectivity index (χ3n) is 2.07. The Morgan fingerprint density at radius 1 is 1.38 bits per heavy atom. The van der Waals surface area contributed by atoms with Crippen LogP contribution in [0.1, 0.15) is 12.8 Å². The SMILES string of the molecule is c1cnc(SC2CCCNC2)nc1. The average molecular weight is 195 g/mol. The van der Waals surface area contributed by atoms with Gasteiger partial charge in [-0.3, -0.25) is 0 Å². The standard InChI is InChI=1S/C9H13N3S/c1-3-8(7-10-4-1)13-9-11-5-2-6-12-9/h2,5-6,8,10H,1,3-4,7H2. The van der Waals surface area contributed by atoms with E-state index in [2.05, 4.69) is 15.3 Å². The monoisotopic (exact) mass is 195 g/mol. The highest BCUT2D eigenvalue weighted by Gasteiger charge is 2.14. The molecule has 1 N–H and O–H groups in total. The van der Waals surface area contributed by atoms with Crippen molar-refractivity contribution >= 4 is 11.8 Å². The van der Waals surface area contributed by atoms with Crippen LogP contribution in [0.15, 0.2) is 23.6 Å². The van der Waals surface area contributed by atoms with Crippen LogP contribution < -0.4 is 5.32 Å². The lowest BCUT2D eigenvalue weighted by Crippen LogP contribution is -2.31. The van der Waals surface area contributed by atoms with Gasteiger partial charge in [0, 0.05) is 24.2 Å². The molecule has 70 valence electrons. The molecule has 0 amide bonds. The van der Waals surface area contributed by atoms with E-state index in [0.717, 1.165) is 18.2 Å². The summed E-state index contributed by atoms with van der Waals surface area (Å²) in [6.07, 6.45) is 6.14. The van der Waals surface area contributed by atoms with E-state index in [1.807, 2.05) is 6.07 Å². The minimum atomic E-state index is 0.649. The van der Waals surface area contributed by atoms with Gasteiger partial charge < -0.3 is 5.32 Å². The predicted molar refractivity (Wildman–Crippen MR) is 53.8 cm³/mol. The number of piperidine rings is 1. The minimum Gasteiger partial charge on any atom is -0.316 e. The fourth-order valence-corrected chi connectivity index (χ4v) is 2.44. The van der Waals surface area contributed by atoms with Gasteiger partial charge in [-0.1, -0.05) is 11.8 Å². The second kappa shape index (κ2) is 4.58. The molecule has 1 aromatic rings. The summed E-state index contributed by atoms with van der Waals surface area (Å²) in [5, 5.41) is 4.93. The Bertz CT molecular complexity index is 246. The van der Waals surface area contributed by atoms with Gasteiger partial charge in [0.2, 0.25) is 0 Å². The van der Waals surface area contributed by atoms with Crippen LogP contribution in [0.25, 0.3) is 0 Å². The van der Waals surface area contributed by atoms with E-state index in [4.69, 9.17) is 0 Å². The topological polar surface area (TPSA) is 37.8 Å². The number of rotatable bonds is 2. The van der Waals surface area contributed by atoms with Crippen LogP contribution in [0.5, 0.6) is 0 Å². The zero-order valence-corrected chi connectivity index (χ0v) is 8.26. The molecule has 0 bridgehead atoms. The first-order valence-corrected chi connectivity index (χ1v) is 5.47. The Hall–Kier alpha value is -0.610. The van der Waals surface area contributed by atoms with Crippen LogP contribution in [0.3, 0.4) is 0 Å². The molecule has 1 unspecified atom stereocenters. The number of hydrogen-bond acceptors (Lipinski definition) is 4. The Kier molecular flexibility index (Phi) is 3.16. The molecule has 0 aliphatic carbocycles. The van der Waals surface area contributed by atoms with Crippen LogP contribution in [0.2, 0.25) is 0 Å². The summed E-state index contributed by atoms with van der Waals surface area (Å²) in [6, 6.07) is 1.85. The second-order valence-electron chi connectivity index (χ2n) is 3.12. The van der Waals surface area contributed by atoms with E-state index in [0.29, 0.717) is 5.25 Å². The molecule has 3 nitrogen and oxygen atoms in total. The summed E-state index contributed by atoms with van der Waals surface area (Å²) < 4.78 is 0. The molecule has 1 atom stereocenters. The third kappa shape index (κ3) is 2.67. The smallest absolute Gasteiger partial charge is 0.187 e. The van der Waals surface area contributed by atoms with E-state index < -0.39 is 0 Å². The van der Waals surface area contributed by atoms with Crippen molar-refractivity contribution in [2.75, 3.05) is 13.1 Å². The molecular weight excluding hydrogens is 182 g/mol. The van der Waals surface area contributed by atoms with E-state index in [1.165, 1.54) is 12.8 Å². The summed E-state index contributed by atoms with van der Waals surface area (Å²) >= 11 is 1.78. The Balaban J connectivity index is 1.90. The van der Waals surface area contributed by atoms with Crippen molar-refractivity contribution in [2.45, 2.75) is 23.2 Å². The fraction of sp³-hybridized carbons (Fsp3) is 0.556. The van der Waals surface area contributed by atoms with Crippen LogP contribution in [-0.4, -0.2) is 28.3 Å². The maximum atomic E-state index is 4.20. The molecule has 1 saturated heterocycles. The van der Waals surface area contributed by atoms with Gasteiger partial charge in [-0.05, 0) is 25.5 Å². The van der Waals surface area contributed by atoms with Crippen LogP contribution >= 0.6 is 11.8 Å². The van der Waals surface area contributed by atoms with Crippen molar-refractivity contribution < 1.29 is 0 Å². The number of hydrogen-bond donors (Lipinski definition) is 1. The number of aromatic nitrogens is 2. The van der Waals surface area contributed by atoms with Crippen molar-refractivity contribution in [1.82, 2.24) is 15.3 Å². The highest BCUT2D eigenvalue weighted by atomic mass is 32.2. The van der Waals surface area contributed by atoms with Crippen molar-refractivity contribution in [3.63, 3.8) is 0 Å². The van der Waals surface area contributed by atoms with Gasteiger partial charge in [0.05, 0.1) is 0 Å². The van der Waals surface area contributed by atoms with Crippen molar-refractivity contribution in [3.05, 3.63) is 18.5 Å². The largest absolute Gasteiger partial charge is 0.316 e. The van der Waals surface area contributed by atoms with Gasteiger partial charge in [-0.25, -0.2) is 9.97 Å². The summed E-state index contributed by atoms with van der Waals surface area (Å²) in [5.74, 6) is 0. The first-order chi connectivity index (χ1) is 6.45. The first kappa shape index (κ1) is 8.97. The summed E-state index contributed by atoms with van der Waals surface area (Å²) in [6.45, 7) is 2.25. The zero-order valence-electron chi connectivity index (χ0n) is 7.44. The predicted octanol–water partition coefficient (Wildman–Crippen LogP) is 1.32. The molecule has 0 spiro atoms. The third-order valence-corrected chi connectivity index (χ3v) is 3.22. The minimum absolute atomic E-state index is 0.649. The van der Waals surface area contributed by atoms with Crippen molar-refractivity contribution in [3.8, 4) is 0 Å². The Morgan fingerprint density at radius 3 is 2.92 bits per heavy atom. The molecule has 1 aromatic heterocycles. The van der Waals surface area contributed by atoms with E-state index in [1.54, 1.807) is 24.2 Å². The molecule has 0 aromatic carbocycles. The molecule has 4 heteroatoms. The molecule has 1 fully saturated rings. The van der Waals surface area contributed by atoms with Crippen LogP contribution in [-0.2, 0) is 0 Å². The average Bonchev–Trinajstić information content (AvgIpc) is 2.21. The van der Waals surface area contributed by atoms with E-state index >= 15 is 0 Å². The van der Waals surface area contributed by atoms with Gasteiger partial charge in [-0.15, -0.1) is 0 Å². The molecule has 0 radical (unpaired) electrons. The zero-order chi connectivity index (χ0) is 8.93. The Morgan fingerprint density at radius 2 is 2.23 bits per heavy atom. The summed E-state index contributed by atoms with van der Waals surface area (Å²) in [4.78, 5) is 8.39. The lowest BCUT2D eigenvalue weighted by atomic mass is 10.2. The maximum absolute atomic E-state index is 4.20. The molecule has 1 aliphatic heterocycles. The number of nitrogens with zero attached hydrogens (tertiary/aromatic N) is 2. The fourth-order valence-electron chi connectivity index (χ4n) is 1.42. The normalized spacial score (nSPS) is 22.9. The molecule has 13 heavy (non-hydrogen) atoms. The quantitative estimate of drug-likeness (QED) is 0.722. The Labute approximate surface area is 82.4 Å². The first-order valence-electron chi connectivity index (χ1n) is 4.59. The summed E-state index contributed by atoms with van der Waals surface area (Å²) in [7, 11) is 0. The highest BCUT2D eigenvalue weighted by molar-refractivity contribution is 7.99. The van der Waals surface area contributed by atoms with Gasteiger partial charge in [0.1, 0.15) is 0 Å². The van der Waals surface area contributed by atoms with Crippen molar-refractivity contribution in [1.29, 1.82) is 0 Å². The van der Waals surface area contributed by atoms with Crippen LogP contribution in [0.4, 0.5) is 0 Å². The molecule has 1 aliphatic rings. The molecule has 0 saturated carbocycles. The number of thioether (sulfide) groups is 1.